The highest BCUT2D eigenvalue weighted by Gasteiger charge is 2.46. The molecule has 2 aromatic rings. The van der Waals surface area contributed by atoms with Crippen LogP contribution in [0.2, 0.25) is 0 Å². The van der Waals surface area contributed by atoms with Gasteiger partial charge < -0.3 is 4.98 Å². The Bertz CT molecular complexity index is 840. The predicted molar refractivity (Wildman–Crippen MR) is 81.7 cm³/mol. The number of H-pyrrole nitrogens is 2. The molecule has 21 heavy (non-hydrogen) atoms. The largest absolute Gasteiger partial charge is 0.335 e. The minimum Gasteiger partial charge on any atom is -0.335 e. The quantitative estimate of drug-likeness (QED) is 0.726. The van der Waals surface area contributed by atoms with E-state index in [1.165, 1.54) is 11.3 Å². The van der Waals surface area contributed by atoms with E-state index in [2.05, 4.69) is 33.0 Å². The third-order valence-electron chi connectivity index (χ3n) is 4.89. The summed E-state index contributed by atoms with van der Waals surface area (Å²) in [6, 6.07) is 4.16. The topological polar surface area (TPSA) is 64.8 Å². The second-order valence-corrected chi connectivity index (χ2v) is 6.34. The number of nitrogens with zero attached hydrogens (tertiary/aromatic N) is 2. The van der Waals surface area contributed by atoms with Crippen LogP contribution >= 0.6 is 12.2 Å². The van der Waals surface area contributed by atoms with Crippen molar-refractivity contribution in [2.75, 3.05) is 7.05 Å². The molecule has 3 heterocycles. The number of nitrogens with one attached hydrogen (secondary N) is 2. The minimum absolute atomic E-state index is 0.0668. The Kier molecular flexibility index (Phi) is 2.68. The van der Waals surface area contributed by atoms with Crippen molar-refractivity contribution in [1.29, 1.82) is 0 Å². The lowest BCUT2D eigenvalue weighted by Gasteiger charge is -2.43. The highest BCUT2D eigenvalue weighted by molar-refractivity contribution is 7.71. The number of fused-ring (bicyclic) bond motifs is 3. The zero-order valence-electron chi connectivity index (χ0n) is 11.8. The summed E-state index contributed by atoms with van der Waals surface area (Å²) in [7, 11) is 2.09. The molecule has 1 atom stereocenters. The third-order valence-corrected chi connectivity index (χ3v) is 5.10. The van der Waals surface area contributed by atoms with Gasteiger partial charge in [-0.2, -0.15) is 0 Å². The highest BCUT2D eigenvalue weighted by atomic mass is 32.1. The van der Waals surface area contributed by atoms with Gasteiger partial charge in [0.15, 0.2) is 4.77 Å². The minimum atomic E-state index is -0.0696. The van der Waals surface area contributed by atoms with Crippen LogP contribution in [0.15, 0.2) is 23.1 Å². The molecule has 0 radical (unpaired) electrons. The predicted octanol–water partition coefficient (Wildman–Crippen LogP) is 1.66. The van der Waals surface area contributed by atoms with E-state index < -0.39 is 0 Å². The van der Waals surface area contributed by atoms with Crippen LogP contribution in [0.1, 0.15) is 28.9 Å². The van der Waals surface area contributed by atoms with Gasteiger partial charge >= 0.3 is 0 Å². The Morgan fingerprint density at radius 3 is 3.14 bits per heavy atom. The summed E-state index contributed by atoms with van der Waals surface area (Å²) in [4.78, 5) is 24.8. The lowest BCUT2D eigenvalue weighted by Crippen LogP contribution is -2.48. The van der Waals surface area contributed by atoms with Crippen molar-refractivity contribution in [1.82, 2.24) is 19.9 Å². The number of hydrogen-bond acceptors (Lipinski definition) is 4. The normalized spacial score (nSPS) is 24.0. The molecule has 1 spiro atoms. The van der Waals surface area contributed by atoms with E-state index in [4.69, 9.17) is 12.2 Å². The number of aromatic amines is 2. The van der Waals surface area contributed by atoms with E-state index >= 15 is 0 Å². The Morgan fingerprint density at radius 1 is 1.43 bits per heavy atom. The number of aromatic nitrogens is 3. The molecule has 2 N–H and O–H groups in total. The molecule has 4 rings (SSSR count). The molecule has 0 aromatic carbocycles. The van der Waals surface area contributed by atoms with Gasteiger partial charge in [0.2, 0.25) is 0 Å². The van der Waals surface area contributed by atoms with Gasteiger partial charge in [0.1, 0.15) is 0 Å². The summed E-state index contributed by atoms with van der Waals surface area (Å²) < 4.78 is 0.405. The summed E-state index contributed by atoms with van der Waals surface area (Å²) in [5.74, 6) is 0. The Hall–Kier alpha value is -1.79. The van der Waals surface area contributed by atoms with E-state index in [0.29, 0.717) is 11.3 Å². The molecule has 108 valence electrons. The summed E-state index contributed by atoms with van der Waals surface area (Å²) >= 11 is 5.12. The smallest absolute Gasteiger partial charge is 0.256 e. The second-order valence-electron chi connectivity index (χ2n) is 5.93. The molecule has 2 aliphatic rings. The number of likely N-dealkylation sites (N-methyl/N-ethyl adjacent to an activating group) is 1. The van der Waals surface area contributed by atoms with Crippen molar-refractivity contribution < 1.29 is 0 Å². The van der Waals surface area contributed by atoms with Gasteiger partial charge in [0.05, 0.1) is 11.1 Å². The summed E-state index contributed by atoms with van der Waals surface area (Å²) in [5, 5.41) is 0. The highest BCUT2D eigenvalue weighted by Crippen LogP contribution is 2.45. The van der Waals surface area contributed by atoms with Crippen LogP contribution in [0.4, 0.5) is 0 Å². The third kappa shape index (κ3) is 1.76. The molecule has 1 aliphatic carbocycles. The van der Waals surface area contributed by atoms with Gasteiger partial charge in [-0.15, -0.1) is 0 Å². The van der Waals surface area contributed by atoms with Crippen molar-refractivity contribution in [2.45, 2.75) is 31.3 Å². The molecular weight excluding hydrogens is 284 g/mol. The molecule has 2 aromatic heterocycles. The molecule has 6 heteroatoms. The molecule has 0 amide bonds. The zero-order chi connectivity index (χ0) is 14.6. The van der Waals surface area contributed by atoms with E-state index in [1.54, 1.807) is 0 Å². The monoisotopic (exact) mass is 300 g/mol. The van der Waals surface area contributed by atoms with Gasteiger partial charge in [0.25, 0.3) is 5.56 Å². The average Bonchev–Trinajstić information content (AvgIpc) is 2.82. The summed E-state index contributed by atoms with van der Waals surface area (Å²) in [5.41, 5.74) is 4.10. The van der Waals surface area contributed by atoms with Crippen LogP contribution in [0.25, 0.3) is 0 Å². The van der Waals surface area contributed by atoms with Crippen LogP contribution in [-0.4, -0.2) is 26.9 Å². The maximum absolute atomic E-state index is 12.1. The van der Waals surface area contributed by atoms with Crippen LogP contribution in [0, 0.1) is 4.77 Å². The van der Waals surface area contributed by atoms with Crippen molar-refractivity contribution >= 4 is 12.2 Å². The number of rotatable bonds is 0. The Labute approximate surface area is 127 Å². The maximum atomic E-state index is 12.1. The van der Waals surface area contributed by atoms with Crippen LogP contribution in [0.3, 0.4) is 0 Å². The van der Waals surface area contributed by atoms with Gasteiger partial charge in [0, 0.05) is 30.6 Å². The first-order valence-corrected chi connectivity index (χ1v) is 7.51. The lowest BCUT2D eigenvalue weighted by molar-refractivity contribution is 0.0922. The average molecular weight is 300 g/mol. The van der Waals surface area contributed by atoms with Crippen molar-refractivity contribution in [3.8, 4) is 0 Å². The van der Waals surface area contributed by atoms with E-state index in [0.717, 1.165) is 30.5 Å². The first kappa shape index (κ1) is 12.9. The molecule has 0 saturated heterocycles. The molecule has 5 nitrogen and oxygen atoms in total. The SMILES string of the molecule is CN1Cc2c([nH]c(=S)[nH]c2=O)CC12CCc1ncccc12. The first-order valence-electron chi connectivity index (χ1n) is 7.10. The number of hydrogen-bond donors (Lipinski definition) is 2. The maximum Gasteiger partial charge on any atom is 0.256 e. The van der Waals surface area contributed by atoms with Crippen LogP contribution in [0.5, 0.6) is 0 Å². The van der Waals surface area contributed by atoms with Gasteiger partial charge in [-0.1, -0.05) is 6.07 Å². The molecule has 1 unspecified atom stereocenters. The number of pyridine rings is 1. The molecule has 0 bridgehead atoms. The van der Waals surface area contributed by atoms with Crippen molar-refractivity contribution in [2.24, 2.45) is 0 Å². The van der Waals surface area contributed by atoms with Crippen molar-refractivity contribution in [3.05, 3.63) is 56.0 Å². The van der Waals surface area contributed by atoms with Gasteiger partial charge in [-0.25, -0.2) is 0 Å². The fourth-order valence-electron chi connectivity index (χ4n) is 3.79. The molecule has 0 fully saturated rings. The molecule has 0 saturated carbocycles. The van der Waals surface area contributed by atoms with Crippen molar-refractivity contribution in [3.63, 3.8) is 0 Å². The summed E-state index contributed by atoms with van der Waals surface area (Å²) in [6.07, 6.45) is 4.65. The second kappa shape index (κ2) is 4.35. The number of aryl methyl sites for hydroxylation is 1. The first-order chi connectivity index (χ1) is 10.1. The fourth-order valence-corrected chi connectivity index (χ4v) is 4.01. The zero-order valence-corrected chi connectivity index (χ0v) is 12.6. The van der Waals surface area contributed by atoms with Gasteiger partial charge in [-0.3, -0.25) is 19.7 Å². The van der Waals surface area contributed by atoms with E-state index in [1.807, 2.05) is 12.3 Å². The van der Waals surface area contributed by atoms with Crippen LogP contribution in [-0.2, 0) is 24.9 Å². The van der Waals surface area contributed by atoms with Gasteiger partial charge in [-0.05, 0) is 43.7 Å². The summed E-state index contributed by atoms with van der Waals surface area (Å²) in [6.45, 7) is 0.630. The van der Waals surface area contributed by atoms with E-state index in [9.17, 15) is 4.79 Å². The fraction of sp³-hybridized carbons (Fsp3) is 0.400. The Morgan fingerprint density at radius 2 is 2.29 bits per heavy atom. The molecule has 1 aliphatic heterocycles. The molecular formula is C15H16N4OS. The lowest BCUT2D eigenvalue weighted by atomic mass is 9.81. The van der Waals surface area contributed by atoms with Crippen LogP contribution < -0.4 is 5.56 Å². The Balaban J connectivity index is 1.90. The van der Waals surface area contributed by atoms with E-state index in [-0.39, 0.29) is 11.1 Å². The standard InChI is InChI=1S/C15H16N4OS/c1-19-8-9-12(17-14(21)18-13(9)20)7-15(19)5-4-11-10(15)3-2-6-16-11/h2-3,6H,4-5,7-8H2,1H3,(H2,17,18,20,21).